The molecule has 0 aromatic heterocycles. The Morgan fingerprint density at radius 2 is 1.80 bits per heavy atom. The van der Waals surface area contributed by atoms with Crippen molar-refractivity contribution < 1.29 is 24.4 Å². The van der Waals surface area contributed by atoms with Crippen molar-refractivity contribution in [3.05, 3.63) is 41.0 Å². The zero-order valence-electron chi connectivity index (χ0n) is 14.4. The maximum atomic E-state index is 10.6. The van der Waals surface area contributed by atoms with Gasteiger partial charge >= 0.3 is 0 Å². The molecule has 2 aromatic carbocycles. The molecule has 0 amide bonds. The van der Waals surface area contributed by atoms with Crippen molar-refractivity contribution in [3.8, 4) is 28.7 Å². The molecule has 2 aliphatic rings. The van der Waals surface area contributed by atoms with Gasteiger partial charge in [-0.1, -0.05) is 12.1 Å². The van der Waals surface area contributed by atoms with Gasteiger partial charge in [0.1, 0.15) is 0 Å². The maximum absolute atomic E-state index is 10.6. The first-order valence-electron chi connectivity index (χ1n) is 8.21. The van der Waals surface area contributed by atoms with Gasteiger partial charge in [-0.15, -0.1) is 0 Å². The van der Waals surface area contributed by atoms with E-state index in [1.165, 1.54) is 7.11 Å². The van der Waals surface area contributed by atoms with Crippen molar-refractivity contribution in [1.29, 1.82) is 0 Å². The summed E-state index contributed by atoms with van der Waals surface area (Å²) in [6.07, 6.45) is 0.0670. The zero-order chi connectivity index (χ0) is 17.7. The maximum Gasteiger partial charge on any atom is 0.201 e. The van der Waals surface area contributed by atoms with Crippen molar-refractivity contribution >= 4 is 0 Å². The van der Waals surface area contributed by atoms with Gasteiger partial charge < -0.3 is 24.4 Å². The first-order valence-corrected chi connectivity index (χ1v) is 8.21. The summed E-state index contributed by atoms with van der Waals surface area (Å²) in [5.74, 6) is 1.82. The van der Waals surface area contributed by atoms with E-state index in [1.807, 2.05) is 19.2 Å². The van der Waals surface area contributed by atoms with Gasteiger partial charge in [-0.25, -0.2) is 0 Å². The van der Waals surface area contributed by atoms with Crippen LogP contribution >= 0.6 is 0 Å². The minimum atomic E-state index is -0.589. The minimum absolute atomic E-state index is 0.0255. The van der Waals surface area contributed by atoms with Crippen LogP contribution in [-0.2, 0) is 6.42 Å². The van der Waals surface area contributed by atoms with Crippen LogP contribution in [-0.4, -0.2) is 42.9 Å². The van der Waals surface area contributed by atoms with E-state index in [9.17, 15) is 10.2 Å². The van der Waals surface area contributed by atoms with Crippen LogP contribution in [0.2, 0.25) is 0 Å². The second-order valence-corrected chi connectivity index (χ2v) is 6.48. The molecular weight excluding hydrogens is 322 g/mol. The molecule has 0 saturated carbocycles. The zero-order valence-corrected chi connectivity index (χ0v) is 14.4. The van der Waals surface area contributed by atoms with Gasteiger partial charge in [0.15, 0.2) is 23.0 Å². The van der Waals surface area contributed by atoms with Crippen molar-refractivity contribution in [3.63, 3.8) is 0 Å². The van der Waals surface area contributed by atoms with Crippen molar-refractivity contribution in [2.24, 2.45) is 0 Å². The minimum Gasteiger partial charge on any atom is -0.502 e. The van der Waals surface area contributed by atoms with Crippen LogP contribution in [0.25, 0.3) is 0 Å². The highest BCUT2D eigenvalue weighted by molar-refractivity contribution is 5.63. The number of aromatic hydroxyl groups is 1. The van der Waals surface area contributed by atoms with Gasteiger partial charge in [-0.3, -0.25) is 4.90 Å². The number of aliphatic hydroxyl groups is 1. The largest absolute Gasteiger partial charge is 0.502 e. The van der Waals surface area contributed by atoms with Gasteiger partial charge in [-0.05, 0) is 31.2 Å². The molecule has 25 heavy (non-hydrogen) atoms. The standard InChI is InChI=1S/C19H21NO5/c1-20-9-13(21)11-5-7-15(24-3)19-16(11)12(20)8-10-4-6-14(23-2)17(22)18(10)25-19/h4-7,12-13,21-22H,8-9H2,1-3H3. The molecule has 2 aliphatic heterocycles. The quantitative estimate of drug-likeness (QED) is 0.874. The molecule has 132 valence electrons. The number of β-amino-alcohol motifs (C(OH)–C–C–N with tert-alkyl or cyclic N) is 1. The number of fused-ring (bicyclic) bond motifs is 1. The molecule has 0 radical (unpaired) electrons. The Balaban J connectivity index is 1.98. The van der Waals surface area contributed by atoms with E-state index in [2.05, 4.69) is 4.90 Å². The molecule has 2 unspecified atom stereocenters. The number of methoxy groups -OCH3 is 2. The molecular formula is C19H21NO5. The van der Waals surface area contributed by atoms with Crippen LogP contribution in [0.3, 0.4) is 0 Å². The van der Waals surface area contributed by atoms with Gasteiger partial charge in [0.2, 0.25) is 5.75 Å². The van der Waals surface area contributed by atoms with Crippen LogP contribution in [0.1, 0.15) is 28.8 Å². The van der Waals surface area contributed by atoms with E-state index in [0.29, 0.717) is 36.0 Å². The fraction of sp³-hybridized carbons (Fsp3) is 0.368. The number of hydrogen-bond donors (Lipinski definition) is 2. The second-order valence-electron chi connectivity index (χ2n) is 6.48. The second kappa shape index (κ2) is 5.82. The van der Waals surface area contributed by atoms with Crippen molar-refractivity contribution in [2.75, 3.05) is 27.8 Å². The number of aliphatic hydroxyl groups excluding tert-OH is 1. The summed E-state index contributed by atoms with van der Waals surface area (Å²) in [6, 6.07) is 7.36. The molecule has 2 heterocycles. The number of phenolic OH excluding ortho intramolecular Hbond substituents is 1. The Morgan fingerprint density at radius 1 is 1.08 bits per heavy atom. The van der Waals surface area contributed by atoms with E-state index >= 15 is 0 Å². The topological polar surface area (TPSA) is 71.4 Å². The first-order chi connectivity index (χ1) is 12.0. The number of nitrogens with zero attached hydrogens (tertiary/aromatic N) is 1. The number of benzene rings is 2. The summed E-state index contributed by atoms with van der Waals surface area (Å²) < 4.78 is 16.8. The fourth-order valence-electron chi connectivity index (χ4n) is 3.82. The number of phenols is 1. The Hall–Kier alpha value is -2.44. The van der Waals surface area contributed by atoms with Gasteiger partial charge in [0.25, 0.3) is 0 Å². The molecule has 0 bridgehead atoms. The van der Waals surface area contributed by atoms with Gasteiger partial charge in [0.05, 0.1) is 20.3 Å². The summed E-state index contributed by atoms with van der Waals surface area (Å²) in [6.45, 7) is 0.543. The number of hydrogen-bond acceptors (Lipinski definition) is 6. The van der Waals surface area contributed by atoms with Crippen molar-refractivity contribution in [1.82, 2.24) is 4.90 Å². The van der Waals surface area contributed by atoms with Crippen molar-refractivity contribution in [2.45, 2.75) is 18.6 Å². The van der Waals surface area contributed by atoms with Gasteiger partial charge in [0, 0.05) is 23.7 Å². The molecule has 6 nitrogen and oxygen atoms in total. The highest BCUT2D eigenvalue weighted by atomic mass is 16.5. The third-order valence-corrected chi connectivity index (χ3v) is 5.11. The summed E-state index contributed by atoms with van der Waals surface area (Å²) in [5, 5.41) is 21.1. The Labute approximate surface area is 146 Å². The Kier molecular flexibility index (Phi) is 3.74. The lowest BCUT2D eigenvalue weighted by Crippen LogP contribution is -2.35. The molecule has 0 aliphatic carbocycles. The van der Waals surface area contributed by atoms with E-state index in [0.717, 1.165) is 16.7 Å². The predicted molar refractivity (Wildman–Crippen MR) is 91.8 cm³/mol. The van der Waals surface area contributed by atoms with Crippen LogP contribution in [0.4, 0.5) is 0 Å². The number of rotatable bonds is 2. The average molecular weight is 343 g/mol. The molecule has 4 rings (SSSR count). The molecule has 0 fully saturated rings. The molecule has 0 saturated heterocycles. The first kappa shape index (κ1) is 16.1. The number of likely N-dealkylation sites (N-methyl/N-ethyl adjacent to an activating group) is 1. The molecule has 2 atom stereocenters. The molecule has 6 heteroatoms. The van der Waals surface area contributed by atoms with E-state index in [1.54, 1.807) is 19.2 Å². The smallest absolute Gasteiger partial charge is 0.201 e. The molecule has 2 aromatic rings. The summed E-state index contributed by atoms with van der Waals surface area (Å²) >= 11 is 0. The lowest BCUT2D eigenvalue weighted by Gasteiger charge is -2.37. The Morgan fingerprint density at radius 3 is 2.52 bits per heavy atom. The average Bonchev–Trinajstić information content (AvgIpc) is 2.78. The highest BCUT2D eigenvalue weighted by Gasteiger charge is 2.38. The molecule has 2 N–H and O–H groups in total. The van der Waals surface area contributed by atoms with Crippen LogP contribution < -0.4 is 14.2 Å². The SMILES string of the molecule is COc1ccc2c(c1O)Oc1c(OC)ccc3c1C(C2)N(C)CC3O. The molecule has 0 spiro atoms. The van der Waals surface area contributed by atoms with E-state index in [-0.39, 0.29) is 11.8 Å². The summed E-state index contributed by atoms with van der Waals surface area (Å²) in [4.78, 5) is 2.11. The highest BCUT2D eigenvalue weighted by Crippen LogP contribution is 2.53. The third kappa shape index (κ3) is 2.33. The van der Waals surface area contributed by atoms with Crippen LogP contribution in [0, 0.1) is 0 Å². The van der Waals surface area contributed by atoms with Crippen LogP contribution in [0.15, 0.2) is 24.3 Å². The third-order valence-electron chi connectivity index (χ3n) is 5.11. The predicted octanol–water partition coefficient (Wildman–Crippen LogP) is 2.78. The van der Waals surface area contributed by atoms with E-state index in [4.69, 9.17) is 14.2 Å². The summed E-state index contributed by atoms with van der Waals surface area (Å²) in [7, 11) is 5.07. The lowest BCUT2D eigenvalue weighted by molar-refractivity contribution is 0.0832. The number of ether oxygens (including phenoxy) is 3. The van der Waals surface area contributed by atoms with Gasteiger partial charge in [-0.2, -0.15) is 0 Å². The normalized spacial score (nSPS) is 21.6. The monoisotopic (exact) mass is 343 g/mol. The fourth-order valence-corrected chi connectivity index (χ4v) is 3.82. The van der Waals surface area contributed by atoms with Crippen LogP contribution in [0.5, 0.6) is 28.7 Å². The Bertz CT molecular complexity index is 835. The van der Waals surface area contributed by atoms with E-state index < -0.39 is 6.10 Å². The lowest BCUT2D eigenvalue weighted by atomic mass is 9.87. The summed E-state index contributed by atoms with van der Waals surface area (Å²) in [5.41, 5.74) is 2.64.